The number of carbonyl (C=O) groups excluding carboxylic acids is 1. The summed E-state index contributed by atoms with van der Waals surface area (Å²) in [5.41, 5.74) is 7.28. The van der Waals surface area contributed by atoms with Crippen molar-refractivity contribution in [2.24, 2.45) is 5.73 Å². The lowest BCUT2D eigenvalue weighted by molar-refractivity contribution is -0.132. The van der Waals surface area contributed by atoms with Crippen LogP contribution in [0.1, 0.15) is 57.1 Å². The highest BCUT2D eigenvalue weighted by Gasteiger charge is 2.31. The van der Waals surface area contributed by atoms with Crippen molar-refractivity contribution in [3.63, 3.8) is 0 Å². The van der Waals surface area contributed by atoms with Crippen LogP contribution in [-0.2, 0) is 4.79 Å². The molecular formula is C17H26N2O. The van der Waals surface area contributed by atoms with Crippen LogP contribution in [-0.4, -0.2) is 23.4 Å². The molecular weight excluding hydrogens is 248 g/mol. The second kappa shape index (κ2) is 7.44. The van der Waals surface area contributed by atoms with Crippen LogP contribution < -0.4 is 5.73 Å². The highest BCUT2D eigenvalue weighted by Crippen LogP contribution is 2.28. The fraction of sp³-hybridized carbons (Fsp3) is 0.588. The Morgan fingerprint density at radius 1 is 1.35 bits per heavy atom. The summed E-state index contributed by atoms with van der Waals surface area (Å²) in [6.45, 7) is 3.08. The van der Waals surface area contributed by atoms with Crippen LogP contribution in [0.2, 0.25) is 0 Å². The Morgan fingerprint density at radius 3 is 2.65 bits per heavy atom. The van der Waals surface area contributed by atoms with Gasteiger partial charge in [-0.25, -0.2) is 0 Å². The standard InChI is InChI=1S/C17H26N2O/c1-2-3-13-19(15-9-10-15)17(20)12-11-16(18)14-7-5-4-6-8-14/h4-8,15-16H,2-3,9-13,18H2,1H3. The summed E-state index contributed by atoms with van der Waals surface area (Å²) in [4.78, 5) is 14.4. The minimum atomic E-state index is -0.0348. The molecule has 20 heavy (non-hydrogen) atoms. The summed E-state index contributed by atoms with van der Waals surface area (Å²) in [6, 6.07) is 10.5. The van der Waals surface area contributed by atoms with Gasteiger partial charge in [-0.3, -0.25) is 4.79 Å². The maximum absolute atomic E-state index is 12.3. The largest absolute Gasteiger partial charge is 0.340 e. The van der Waals surface area contributed by atoms with Crippen molar-refractivity contribution >= 4 is 5.91 Å². The van der Waals surface area contributed by atoms with Gasteiger partial charge in [0.2, 0.25) is 5.91 Å². The summed E-state index contributed by atoms with van der Waals surface area (Å²) >= 11 is 0. The number of rotatable bonds is 8. The van der Waals surface area contributed by atoms with Crippen LogP contribution in [0.5, 0.6) is 0 Å². The average Bonchev–Trinajstić information content (AvgIpc) is 3.31. The first kappa shape index (κ1) is 15.0. The summed E-state index contributed by atoms with van der Waals surface area (Å²) in [6.07, 6.45) is 5.90. The third kappa shape index (κ3) is 4.34. The van der Waals surface area contributed by atoms with Gasteiger partial charge in [-0.05, 0) is 31.2 Å². The molecule has 1 fully saturated rings. The van der Waals surface area contributed by atoms with Gasteiger partial charge in [-0.2, -0.15) is 0 Å². The van der Waals surface area contributed by atoms with E-state index in [1.807, 2.05) is 30.3 Å². The third-order valence-electron chi connectivity index (χ3n) is 3.96. The summed E-state index contributed by atoms with van der Waals surface area (Å²) < 4.78 is 0. The molecule has 0 radical (unpaired) electrons. The van der Waals surface area contributed by atoms with Gasteiger partial charge in [0.25, 0.3) is 0 Å². The molecule has 0 bridgehead atoms. The normalized spacial score (nSPS) is 15.9. The Balaban J connectivity index is 1.81. The lowest BCUT2D eigenvalue weighted by Gasteiger charge is -2.23. The van der Waals surface area contributed by atoms with Crippen LogP contribution >= 0.6 is 0 Å². The number of amides is 1. The van der Waals surface area contributed by atoms with Crippen LogP contribution in [0, 0.1) is 0 Å². The van der Waals surface area contributed by atoms with E-state index in [1.165, 1.54) is 12.8 Å². The number of benzene rings is 1. The molecule has 2 N–H and O–H groups in total. The molecule has 1 aliphatic rings. The highest BCUT2D eigenvalue weighted by molar-refractivity contribution is 5.76. The van der Waals surface area contributed by atoms with Crippen molar-refractivity contribution < 1.29 is 4.79 Å². The number of carbonyl (C=O) groups is 1. The molecule has 1 unspecified atom stereocenters. The first-order valence-electron chi connectivity index (χ1n) is 7.82. The van der Waals surface area contributed by atoms with Crippen LogP contribution in [0.4, 0.5) is 0 Å². The fourth-order valence-electron chi connectivity index (χ4n) is 2.52. The number of hydrogen-bond donors (Lipinski definition) is 1. The van der Waals surface area contributed by atoms with Crippen molar-refractivity contribution in [2.75, 3.05) is 6.54 Å². The molecule has 0 saturated heterocycles. The maximum Gasteiger partial charge on any atom is 0.222 e. The van der Waals surface area contributed by atoms with Gasteiger partial charge < -0.3 is 10.6 Å². The second-order valence-corrected chi connectivity index (χ2v) is 5.73. The average molecular weight is 274 g/mol. The van der Waals surface area contributed by atoms with E-state index >= 15 is 0 Å². The Morgan fingerprint density at radius 2 is 2.05 bits per heavy atom. The Hall–Kier alpha value is -1.35. The van der Waals surface area contributed by atoms with E-state index in [4.69, 9.17) is 5.73 Å². The van der Waals surface area contributed by atoms with Gasteiger partial charge in [-0.15, -0.1) is 0 Å². The molecule has 0 heterocycles. The third-order valence-corrected chi connectivity index (χ3v) is 3.96. The van der Waals surface area contributed by atoms with Crippen molar-refractivity contribution in [2.45, 2.75) is 57.5 Å². The fourth-order valence-corrected chi connectivity index (χ4v) is 2.52. The molecule has 1 aliphatic carbocycles. The molecule has 1 aromatic rings. The van der Waals surface area contributed by atoms with E-state index < -0.39 is 0 Å². The minimum Gasteiger partial charge on any atom is -0.340 e. The molecule has 1 amide bonds. The molecule has 1 aromatic carbocycles. The lowest BCUT2D eigenvalue weighted by atomic mass is 10.0. The zero-order chi connectivity index (χ0) is 14.4. The predicted octanol–water partition coefficient (Wildman–Crippen LogP) is 3.26. The number of unbranched alkanes of at least 4 members (excludes halogenated alkanes) is 1. The van der Waals surface area contributed by atoms with E-state index in [1.54, 1.807) is 0 Å². The summed E-state index contributed by atoms with van der Waals surface area (Å²) in [5, 5.41) is 0. The molecule has 3 heteroatoms. The summed E-state index contributed by atoms with van der Waals surface area (Å²) in [5.74, 6) is 0.285. The van der Waals surface area contributed by atoms with E-state index in [-0.39, 0.29) is 11.9 Å². The predicted molar refractivity (Wildman–Crippen MR) is 82.2 cm³/mol. The quantitative estimate of drug-likeness (QED) is 0.791. The molecule has 2 rings (SSSR count). The topological polar surface area (TPSA) is 46.3 Å². The Kier molecular flexibility index (Phi) is 5.60. The van der Waals surface area contributed by atoms with E-state index in [9.17, 15) is 4.79 Å². The molecule has 0 aromatic heterocycles. The van der Waals surface area contributed by atoms with E-state index in [0.29, 0.717) is 12.5 Å². The number of nitrogens with zero attached hydrogens (tertiary/aromatic N) is 1. The number of hydrogen-bond acceptors (Lipinski definition) is 2. The Bertz CT molecular complexity index is 414. The monoisotopic (exact) mass is 274 g/mol. The van der Waals surface area contributed by atoms with Crippen molar-refractivity contribution in [1.82, 2.24) is 4.90 Å². The van der Waals surface area contributed by atoms with Crippen LogP contribution in [0.15, 0.2) is 30.3 Å². The van der Waals surface area contributed by atoms with Crippen molar-refractivity contribution in [1.29, 1.82) is 0 Å². The van der Waals surface area contributed by atoms with Gasteiger partial charge in [0, 0.05) is 25.0 Å². The van der Waals surface area contributed by atoms with E-state index in [0.717, 1.165) is 31.4 Å². The molecule has 1 atom stereocenters. The smallest absolute Gasteiger partial charge is 0.222 e. The second-order valence-electron chi connectivity index (χ2n) is 5.73. The molecule has 0 aliphatic heterocycles. The summed E-state index contributed by atoms with van der Waals surface area (Å²) in [7, 11) is 0. The number of nitrogens with two attached hydrogens (primary N) is 1. The lowest BCUT2D eigenvalue weighted by Crippen LogP contribution is -2.34. The van der Waals surface area contributed by atoms with Crippen molar-refractivity contribution in [3.8, 4) is 0 Å². The zero-order valence-corrected chi connectivity index (χ0v) is 12.4. The maximum atomic E-state index is 12.3. The minimum absolute atomic E-state index is 0.0348. The SMILES string of the molecule is CCCCN(C(=O)CCC(N)c1ccccc1)C1CC1. The van der Waals surface area contributed by atoms with Gasteiger partial charge in [0.1, 0.15) is 0 Å². The highest BCUT2D eigenvalue weighted by atomic mass is 16.2. The van der Waals surface area contributed by atoms with Gasteiger partial charge in [-0.1, -0.05) is 43.7 Å². The van der Waals surface area contributed by atoms with Crippen molar-refractivity contribution in [3.05, 3.63) is 35.9 Å². The van der Waals surface area contributed by atoms with Crippen LogP contribution in [0.3, 0.4) is 0 Å². The van der Waals surface area contributed by atoms with Gasteiger partial charge in [0.05, 0.1) is 0 Å². The van der Waals surface area contributed by atoms with Gasteiger partial charge in [0.15, 0.2) is 0 Å². The Labute approximate surface area is 122 Å². The first-order valence-corrected chi connectivity index (χ1v) is 7.82. The van der Waals surface area contributed by atoms with E-state index in [2.05, 4.69) is 11.8 Å². The zero-order valence-electron chi connectivity index (χ0n) is 12.4. The van der Waals surface area contributed by atoms with Crippen LogP contribution in [0.25, 0.3) is 0 Å². The molecule has 0 spiro atoms. The molecule has 1 saturated carbocycles. The molecule has 3 nitrogen and oxygen atoms in total. The van der Waals surface area contributed by atoms with Gasteiger partial charge >= 0.3 is 0 Å². The molecule has 110 valence electrons. The first-order chi connectivity index (χ1) is 9.72.